The smallest absolute Gasteiger partial charge is 0.475 e. The van der Waals surface area contributed by atoms with Crippen LogP contribution < -0.4 is 5.32 Å². The largest absolute Gasteiger partial charge is 0.490 e. The standard InChI is InChI=1S/C14H16ClFN4.2C2HF3O2/c1-9-18-19-14(10-4-6-17-7-5-10)20(9)13-3-2-11(15)8-12(13)16;2*3-2(4,5)1(6)7/h2-3,8,10,17H,4-7H2,1H3;2*(H,6,7). The molecular weight excluding hydrogens is 505 g/mol. The van der Waals surface area contributed by atoms with Crippen molar-refractivity contribution in [3.05, 3.63) is 40.7 Å². The van der Waals surface area contributed by atoms with Crippen molar-refractivity contribution in [1.82, 2.24) is 20.1 Å². The van der Waals surface area contributed by atoms with Crippen molar-refractivity contribution in [2.24, 2.45) is 0 Å². The molecule has 0 bridgehead atoms. The van der Waals surface area contributed by atoms with Crippen molar-refractivity contribution in [3.8, 4) is 5.69 Å². The lowest BCUT2D eigenvalue weighted by atomic mass is 9.97. The van der Waals surface area contributed by atoms with Crippen LogP contribution in [0.2, 0.25) is 5.02 Å². The van der Waals surface area contributed by atoms with Crippen molar-refractivity contribution in [1.29, 1.82) is 0 Å². The van der Waals surface area contributed by atoms with Gasteiger partial charge in [0.1, 0.15) is 17.5 Å². The van der Waals surface area contributed by atoms with Gasteiger partial charge in [-0.1, -0.05) is 11.6 Å². The Morgan fingerprint density at radius 1 is 1.03 bits per heavy atom. The van der Waals surface area contributed by atoms with Crippen LogP contribution in [0.1, 0.15) is 30.4 Å². The van der Waals surface area contributed by atoms with Crippen LogP contribution in [0.3, 0.4) is 0 Å². The monoisotopic (exact) mass is 522 g/mol. The number of aromatic nitrogens is 3. The van der Waals surface area contributed by atoms with E-state index in [9.17, 15) is 30.7 Å². The first-order valence-electron chi connectivity index (χ1n) is 9.24. The number of carboxylic acids is 2. The number of hydrogen-bond acceptors (Lipinski definition) is 5. The quantitative estimate of drug-likeness (QED) is 0.508. The number of alkyl halides is 6. The van der Waals surface area contributed by atoms with Gasteiger partial charge in [-0.25, -0.2) is 14.0 Å². The molecule has 0 atom stereocenters. The molecule has 1 saturated heterocycles. The third-order valence-electron chi connectivity index (χ3n) is 4.19. The van der Waals surface area contributed by atoms with Crippen LogP contribution in [0.15, 0.2) is 18.2 Å². The van der Waals surface area contributed by atoms with Gasteiger partial charge in [0.15, 0.2) is 0 Å². The number of piperidine rings is 1. The van der Waals surface area contributed by atoms with Crippen LogP contribution in [0, 0.1) is 12.7 Å². The van der Waals surface area contributed by atoms with Gasteiger partial charge in [0.25, 0.3) is 0 Å². The van der Waals surface area contributed by atoms with Gasteiger partial charge in [0.05, 0.1) is 5.69 Å². The number of nitrogens with one attached hydrogen (secondary N) is 1. The fourth-order valence-electron chi connectivity index (χ4n) is 2.68. The number of carboxylic acid groups (broad SMARTS) is 2. The Morgan fingerprint density at radius 3 is 1.91 bits per heavy atom. The predicted octanol–water partition coefficient (Wildman–Crippen LogP) is 4.10. The van der Waals surface area contributed by atoms with E-state index in [-0.39, 0.29) is 5.82 Å². The van der Waals surface area contributed by atoms with E-state index in [0.717, 1.165) is 31.8 Å². The van der Waals surface area contributed by atoms with E-state index >= 15 is 0 Å². The molecule has 0 amide bonds. The molecule has 3 N–H and O–H groups in total. The summed E-state index contributed by atoms with van der Waals surface area (Å²) in [7, 11) is 0. The highest BCUT2D eigenvalue weighted by Gasteiger charge is 2.38. The second-order valence-electron chi connectivity index (χ2n) is 6.67. The molecule has 34 heavy (non-hydrogen) atoms. The molecule has 1 aromatic heterocycles. The normalized spacial score (nSPS) is 14.4. The van der Waals surface area contributed by atoms with Crippen molar-refractivity contribution in [2.45, 2.75) is 38.0 Å². The van der Waals surface area contributed by atoms with Crippen LogP contribution in [-0.2, 0) is 9.59 Å². The fraction of sp³-hybridized carbons (Fsp3) is 0.444. The third-order valence-corrected chi connectivity index (χ3v) is 4.42. The minimum absolute atomic E-state index is 0.313. The fourth-order valence-corrected chi connectivity index (χ4v) is 2.84. The molecule has 16 heteroatoms. The number of aryl methyl sites for hydroxylation is 1. The van der Waals surface area contributed by atoms with Crippen molar-refractivity contribution in [3.63, 3.8) is 0 Å². The second kappa shape index (κ2) is 12.0. The molecule has 8 nitrogen and oxygen atoms in total. The number of benzene rings is 1. The Labute approximate surface area is 192 Å². The minimum Gasteiger partial charge on any atom is -0.475 e. The number of hydrogen-bond donors (Lipinski definition) is 3. The Kier molecular flexibility index (Phi) is 10.2. The van der Waals surface area contributed by atoms with Crippen molar-refractivity contribution in [2.75, 3.05) is 13.1 Å². The first kappa shape index (κ1) is 29.1. The second-order valence-corrected chi connectivity index (χ2v) is 7.10. The lowest BCUT2D eigenvalue weighted by Crippen LogP contribution is -2.28. The van der Waals surface area contributed by atoms with E-state index in [2.05, 4.69) is 15.5 Å². The Balaban J connectivity index is 0.000000343. The lowest BCUT2D eigenvalue weighted by molar-refractivity contribution is -0.193. The molecule has 190 valence electrons. The Hall–Kier alpha value is -2.94. The maximum atomic E-state index is 14.2. The zero-order valence-electron chi connectivity index (χ0n) is 17.2. The molecule has 0 radical (unpaired) electrons. The molecule has 0 unspecified atom stereocenters. The summed E-state index contributed by atoms with van der Waals surface area (Å²) in [6, 6.07) is 4.69. The third kappa shape index (κ3) is 8.78. The van der Waals surface area contributed by atoms with Crippen molar-refractivity contribution < 1.29 is 50.5 Å². The van der Waals surface area contributed by atoms with Crippen LogP contribution in [0.25, 0.3) is 5.69 Å². The molecule has 0 spiro atoms. The van der Waals surface area contributed by atoms with Gasteiger partial charge >= 0.3 is 24.3 Å². The van der Waals surface area contributed by atoms with E-state index in [4.69, 9.17) is 31.4 Å². The van der Waals surface area contributed by atoms with E-state index in [1.807, 2.05) is 11.5 Å². The van der Waals surface area contributed by atoms with Gasteiger partial charge in [0, 0.05) is 10.9 Å². The molecule has 1 aliphatic heterocycles. The van der Waals surface area contributed by atoms with Crippen LogP contribution in [0.5, 0.6) is 0 Å². The van der Waals surface area contributed by atoms with E-state index in [1.54, 1.807) is 12.1 Å². The topological polar surface area (TPSA) is 117 Å². The zero-order valence-corrected chi connectivity index (χ0v) is 18.0. The van der Waals surface area contributed by atoms with E-state index < -0.39 is 24.3 Å². The predicted molar refractivity (Wildman–Crippen MR) is 103 cm³/mol. The molecule has 1 fully saturated rings. The lowest BCUT2D eigenvalue weighted by Gasteiger charge is -2.22. The molecule has 0 saturated carbocycles. The summed E-state index contributed by atoms with van der Waals surface area (Å²) < 4.78 is 79.4. The molecule has 2 heterocycles. The molecule has 2 aromatic rings. The summed E-state index contributed by atoms with van der Waals surface area (Å²) in [5.41, 5.74) is 0.463. The number of carbonyl (C=O) groups is 2. The Bertz CT molecular complexity index is 966. The number of halogens is 8. The van der Waals surface area contributed by atoms with Gasteiger partial charge in [-0.3, -0.25) is 4.57 Å². The maximum absolute atomic E-state index is 14.2. The summed E-state index contributed by atoms with van der Waals surface area (Å²) in [6.45, 7) is 3.75. The average molecular weight is 523 g/mol. The van der Waals surface area contributed by atoms with Gasteiger partial charge in [-0.05, 0) is 51.1 Å². The SMILES string of the molecule is Cc1nnc(C2CCNCC2)n1-c1ccc(Cl)cc1F.O=C(O)C(F)(F)F.O=C(O)C(F)(F)F. The van der Waals surface area contributed by atoms with Gasteiger partial charge in [-0.2, -0.15) is 26.3 Å². The molecule has 3 rings (SSSR count). The first-order valence-corrected chi connectivity index (χ1v) is 9.61. The highest BCUT2D eigenvalue weighted by atomic mass is 35.5. The number of aliphatic carboxylic acids is 2. The summed E-state index contributed by atoms with van der Waals surface area (Å²) in [5, 5.41) is 26.3. The molecule has 1 aromatic carbocycles. The first-order chi connectivity index (χ1) is 15.6. The zero-order chi connectivity index (χ0) is 26.3. The average Bonchev–Trinajstić information content (AvgIpc) is 3.09. The number of rotatable bonds is 2. The minimum atomic E-state index is -5.08. The van der Waals surface area contributed by atoms with Crippen LogP contribution >= 0.6 is 11.6 Å². The van der Waals surface area contributed by atoms with Gasteiger partial charge < -0.3 is 15.5 Å². The van der Waals surface area contributed by atoms with Crippen LogP contribution in [-0.4, -0.2) is 62.4 Å². The summed E-state index contributed by atoms with van der Waals surface area (Å²) >= 11 is 5.82. The van der Waals surface area contributed by atoms with Gasteiger partial charge in [0.2, 0.25) is 0 Å². The molecular formula is C18H18ClF7N4O4. The molecule has 1 aliphatic rings. The van der Waals surface area contributed by atoms with E-state index in [0.29, 0.717) is 22.5 Å². The molecule has 0 aliphatic carbocycles. The summed E-state index contributed by atoms with van der Waals surface area (Å²) in [6.07, 6.45) is -8.18. The highest BCUT2D eigenvalue weighted by molar-refractivity contribution is 6.30. The van der Waals surface area contributed by atoms with E-state index in [1.165, 1.54) is 6.07 Å². The Morgan fingerprint density at radius 2 is 1.50 bits per heavy atom. The highest BCUT2D eigenvalue weighted by Crippen LogP contribution is 2.28. The number of nitrogens with zero attached hydrogens (tertiary/aromatic N) is 3. The van der Waals surface area contributed by atoms with Gasteiger partial charge in [-0.15, -0.1) is 10.2 Å². The maximum Gasteiger partial charge on any atom is 0.490 e. The van der Waals surface area contributed by atoms with Crippen LogP contribution in [0.4, 0.5) is 30.7 Å². The summed E-state index contributed by atoms with van der Waals surface area (Å²) in [4.78, 5) is 17.8. The summed E-state index contributed by atoms with van der Waals surface area (Å²) in [5.74, 6) is -4.02. The van der Waals surface area contributed by atoms with Crippen molar-refractivity contribution >= 4 is 23.5 Å².